The topological polar surface area (TPSA) is 72.2 Å². The van der Waals surface area contributed by atoms with Crippen molar-refractivity contribution in [1.29, 1.82) is 0 Å². The van der Waals surface area contributed by atoms with Gasteiger partial charge < -0.3 is 18.9 Å². The SMILES string of the molecule is Clc1cc(-c2cc(-c3ccc(OCC4CO4)cc3)[nH]n2)cc(Cl)c1OCC1CO1. The Bertz CT molecular complexity index is 991. The summed E-state index contributed by atoms with van der Waals surface area (Å²) in [7, 11) is 0. The van der Waals surface area contributed by atoms with E-state index in [1.165, 1.54) is 0 Å². The number of aromatic amines is 1. The molecule has 0 saturated carbocycles. The van der Waals surface area contributed by atoms with Gasteiger partial charge in [0.15, 0.2) is 5.75 Å². The van der Waals surface area contributed by atoms with Crippen molar-refractivity contribution >= 4 is 23.2 Å². The molecule has 0 radical (unpaired) electrons. The fraction of sp³-hybridized carbons (Fsp3) is 0.286. The highest BCUT2D eigenvalue weighted by atomic mass is 35.5. The van der Waals surface area contributed by atoms with Gasteiger partial charge in [-0.1, -0.05) is 23.2 Å². The second kappa shape index (κ2) is 7.88. The maximum absolute atomic E-state index is 6.37. The molecule has 1 N–H and O–H groups in total. The van der Waals surface area contributed by atoms with Crippen molar-refractivity contribution in [3.05, 3.63) is 52.5 Å². The Morgan fingerprint density at radius 1 is 0.897 bits per heavy atom. The van der Waals surface area contributed by atoms with Crippen molar-refractivity contribution in [2.75, 3.05) is 26.4 Å². The van der Waals surface area contributed by atoms with Crippen molar-refractivity contribution in [1.82, 2.24) is 10.2 Å². The molecule has 3 heterocycles. The van der Waals surface area contributed by atoms with E-state index in [4.69, 9.17) is 42.1 Å². The number of aromatic nitrogens is 2. The molecule has 2 saturated heterocycles. The van der Waals surface area contributed by atoms with Crippen LogP contribution in [-0.4, -0.2) is 48.8 Å². The van der Waals surface area contributed by atoms with Crippen LogP contribution in [0.1, 0.15) is 0 Å². The highest BCUT2D eigenvalue weighted by Gasteiger charge is 2.24. The van der Waals surface area contributed by atoms with Crippen LogP contribution in [0.25, 0.3) is 22.5 Å². The third-order valence-electron chi connectivity index (χ3n) is 4.69. The molecule has 29 heavy (non-hydrogen) atoms. The van der Waals surface area contributed by atoms with E-state index in [2.05, 4.69) is 10.2 Å². The Hall–Kier alpha value is -2.25. The molecular weight excluding hydrogens is 415 g/mol. The van der Waals surface area contributed by atoms with Gasteiger partial charge in [-0.05, 0) is 48.0 Å². The van der Waals surface area contributed by atoms with Crippen molar-refractivity contribution in [2.45, 2.75) is 12.2 Å². The molecule has 2 aromatic carbocycles. The van der Waals surface area contributed by atoms with Crippen LogP contribution < -0.4 is 9.47 Å². The third kappa shape index (κ3) is 4.51. The predicted octanol–water partition coefficient (Wildman–Crippen LogP) is 4.61. The van der Waals surface area contributed by atoms with Gasteiger partial charge in [-0.2, -0.15) is 5.10 Å². The summed E-state index contributed by atoms with van der Waals surface area (Å²) in [5.41, 5.74) is 3.44. The van der Waals surface area contributed by atoms with Crippen LogP contribution in [-0.2, 0) is 9.47 Å². The van der Waals surface area contributed by atoms with Crippen LogP contribution in [0.15, 0.2) is 42.5 Å². The van der Waals surface area contributed by atoms with Gasteiger partial charge in [0.1, 0.15) is 31.2 Å². The van der Waals surface area contributed by atoms with Gasteiger partial charge in [-0.15, -0.1) is 0 Å². The van der Waals surface area contributed by atoms with Gasteiger partial charge in [-0.3, -0.25) is 5.10 Å². The summed E-state index contributed by atoms with van der Waals surface area (Å²) in [6, 6.07) is 13.4. The number of hydrogen-bond donors (Lipinski definition) is 1. The Labute approximate surface area is 177 Å². The number of nitrogens with zero attached hydrogens (tertiary/aromatic N) is 1. The Morgan fingerprint density at radius 2 is 1.52 bits per heavy atom. The maximum atomic E-state index is 6.37. The molecule has 2 aliphatic rings. The molecule has 6 nitrogen and oxygen atoms in total. The van der Waals surface area contributed by atoms with Crippen LogP contribution in [0.4, 0.5) is 0 Å². The number of nitrogens with one attached hydrogen (secondary N) is 1. The van der Waals surface area contributed by atoms with E-state index in [1.807, 2.05) is 30.3 Å². The molecule has 2 aliphatic heterocycles. The van der Waals surface area contributed by atoms with Crippen LogP contribution >= 0.6 is 23.2 Å². The third-order valence-corrected chi connectivity index (χ3v) is 5.25. The van der Waals surface area contributed by atoms with Gasteiger partial charge in [0.25, 0.3) is 0 Å². The molecule has 5 rings (SSSR count). The van der Waals surface area contributed by atoms with Gasteiger partial charge in [-0.25, -0.2) is 0 Å². The second-order valence-electron chi connectivity index (χ2n) is 6.99. The molecular formula is C21H18Cl2N2O4. The van der Waals surface area contributed by atoms with Crippen molar-refractivity contribution in [3.63, 3.8) is 0 Å². The normalized spacial score (nSPS) is 19.8. The Kier molecular flexibility index (Phi) is 5.09. The van der Waals surface area contributed by atoms with Gasteiger partial charge in [0.2, 0.25) is 0 Å². The zero-order valence-electron chi connectivity index (χ0n) is 15.4. The summed E-state index contributed by atoms with van der Waals surface area (Å²) >= 11 is 12.7. The molecule has 150 valence electrons. The highest BCUT2D eigenvalue weighted by Crippen LogP contribution is 2.38. The first kappa shape index (κ1) is 18.8. The summed E-state index contributed by atoms with van der Waals surface area (Å²) < 4.78 is 21.6. The average molecular weight is 433 g/mol. The van der Waals surface area contributed by atoms with Crippen LogP contribution in [0, 0.1) is 0 Å². The minimum Gasteiger partial charge on any atom is -0.491 e. The van der Waals surface area contributed by atoms with Crippen molar-refractivity contribution in [2.24, 2.45) is 0 Å². The number of ether oxygens (including phenoxy) is 4. The first-order valence-corrected chi connectivity index (χ1v) is 10.1. The molecule has 3 aromatic rings. The highest BCUT2D eigenvalue weighted by molar-refractivity contribution is 6.37. The fourth-order valence-corrected chi connectivity index (χ4v) is 3.48. The van der Waals surface area contributed by atoms with Crippen molar-refractivity contribution < 1.29 is 18.9 Å². The molecule has 0 spiro atoms. The lowest BCUT2D eigenvalue weighted by molar-refractivity contribution is 0.263. The Morgan fingerprint density at radius 3 is 2.14 bits per heavy atom. The molecule has 0 amide bonds. The number of benzene rings is 2. The van der Waals surface area contributed by atoms with Crippen molar-refractivity contribution in [3.8, 4) is 34.0 Å². The number of rotatable bonds is 8. The average Bonchev–Trinajstić information content (AvgIpc) is 3.65. The molecule has 2 atom stereocenters. The lowest BCUT2D eigenvalue weighted by atomic mass is 10.1. The second-order valence-corrected chi connectivity index (χ2v) is 7.81. The molecule has 8 heteroatoms. The van der Waals surface area contributed by atoms with E-state index in [9.17, 15) is 0 Å². The van der Waals surface area contributed by atoms with E-state index in [0.717, 1.165) is 34.9 Å². The van der Waals surface area contributed by atoms with Crippen LogP contribution in [0.5, 0.6) is 11.5 Å². The molecule has 1 aromatic heterocycles. The summed E-state index contributed by atoms with van der Waals surface area (Å²) in [5, 5.41) is 8.34. The van der Waals surface area contributed by atoms with Crippen LogP contribution in [0.2, 0.25) is 10.0 Å². The summed E-state index contributed by atoms with van der Waals surface area (Å²) in [4.78, 5) is 0. The number of halogens is 2. The minimum absolute atomic E-state index is 0.134. The van der Waals surface area contributed by atoms with E-state index < -0.39 is 0 Å². The quantitative estimate of drug-likeness (QED) is 0.526. The van der Waals surface area contributed by atoms with Gasteiger partial charge >= 0.3 is 0 Å². The van der Waals surface area contributed by atoms with E-state index in [0.29, 0.717) is 35.6 Å². The maximum Gasteiger partial charge on any atom is 0.156 e. The smallest absolute Gasteiger partial charge is 0.156 e. The lowest BCUT2D eigenvalue weighted by Gasteiger charge is -2.10. The zero-order valence-corrected chi connectivity index (χ0v) is 16.9. The fourth-order valence-electron chi connectivity index (χ4n) is 2.89. The molecule has 0 aliphatic carbocycles. The lowest BCUT2D eigenvalue weighted by Crippen LogP contribution is -2.04. The summed E-state index contributed by atoms with van der Waals surface area (Å²) in [6.07, 6.45) is 0.372. The monoisotopic (exact) mass is 432 g/mol. The van der Waals surface area contributed by atoms with Gasteiger partial charge in [0, 0.05) is 5.56 Å². The van der Waals surface area contributed by atoms with Crippen LogP contribution in [0.3, 0.4) is 0 Å². The largest absolute Gasteiger partial charge is 0.491 e. The number of hydrogen-bond acceptors (Lipinski definition) is 5. The Balaban J connectivity index is 1.31. The zero-order chi connectivity index (χ0) is 19.8. The summed E-state index contributed by atoms with van der Waals surface area (Å²) in [6.45, 7) is 2.53. The summed E-state index contributed by atoms with van der Waals surface area (Å²) in [5.74, 6) is 1.28. The number of H-pyrrole nitrogens is 1. The minimum atomic E-state index is 0.134. The first-order chi connectivity index (χ1) is 14.2. The first-order valence-electron chi connectivity index (χ1n) is 9.30. The van der Waals surface area contributed by atoms with E-state index in [-0.39, 0.29) is 12.2 Å². The predicted molar refractivity (Wildman–Crippen MR) is 110 cm³/mol. The van der Waals surface area contributed by atoms with E-state index >= 15 is 0 Å². The molecule has 2 fully saturated rings. The van der Waals surface area contributed by atoms with E-state index in [1.54, 1.807) is 12.1 Å². The van der Waals surface area contributed by atoms with Gasteiger partial charge in [0.05, 0.1) is 34.6 Å². The molecule has 0 bridgehead atoms. The number of epoxide rings is 2. The standard InChI is InChI=1S/C21H18Cl2N2O4/c22-17-5-13(6-18(23)21(17)29-11-16-10-28-16)20-7-19(24-25-20)12-1-3-14(4-2-12)26-8-15-9-27-15/h1-7,15-16H,8-11H2,(H,24,25). The molecule has 2 unspecified atom stereocenters.